The van der Waals surface area contributed by atoms with Crippen molar-refractivity contribution in [2.75, 3.05) is 64.0 Å². The van der Waals surface area contributed by atoms with Gasteiger partial charge in [0.05, 0.1) is 13.2 Å². The Morgan fingerprint density at radius 2 is 2.00 bits per heavy atom. The predicted molar refractivity (Wildman–Crippen MR) is 117 cm³/mol. The molecule has 0 saturated carbocycles. The smallest absolute Gasteiger partial charge is 0.274 e. The number of nitrogens with one attached hydrogen (secondary N) is 1. The van der Waals surface area contributed by atoms with Crippen molar-refractivity contribution in [2.24, 2.45) is 0 Å². The van der Waals surface area contributed by atoms with Gasteiger partial charge in [-0.15, -0.1) is 0 Å². The van der Waals surface area contributed by atoms with Gasteiger partial charge < -0.3 is 15.0 Å². The number of amides is 1. The normalized spacial score (nSPS) is 23.2. The Morgan fingerprint density at radius 3 is 2.76 bits per heavy atom. The molecule has 1 aliphatic carbocycles. The Morgan fingerprint density at radius 1 is 1.21 bits per heavy atom. The third kappa shape index (κ3) is 5.16. The van der Waals surface area contributed by atoms with Crippen LogP contribution in [0, 0.1) is 0 Å². The summed E-state index contributed by atoms with van der Waals surface area (Å²) in [6, 6.07) is 0.436. The van der Waals surface area contributed by atoms with E-state index in [0.717, 1.165) is 102 Å². The van der Waals surface area contributed by atoms with Gasteiger partial charge in [-0.05, 0) is 25.7 Å². The summed E-state index contributed by atoms with van der Waals surface area (Å²) in [5.41, 5.74) is 3.23. The van der Waals surface area contributed by atoms with E-state index in [2.05, 4.69) is 21.8 Å². The molecule has 1 unspecified atom stereocenters. The monoisotopic (exact) mass is 421 g/mol. The number of aromatic nitrogens is 2. The SMILES string of the molecule is CCCn1nc(C(=O)N2CCSCC2)c2c1CCC(NCCN1CCOCC1)C2. The number of fused-ring (bicyclic) bond motifs is 1. The van der Waals surface area contributed by atoms with Crippen LogP contribution in [0.25, 0.3) is 0 Å². The number of hydrogen-bond donors (Lipinski definition) is 1. The molecule has 1 aromatic rings. The first-order valence-corrected chi connectivity index (χ1v) is 12.4. The van der Waals surface area contributed by atoms with Gasteiger partial charge in [0.15, 0.2) is 5.69 Å². The highest BCUT2D eigenvalue weighted by Crippen LogP contribution is 2.27. The van der Waals surface area contributed by atoms with Crippen LogP contribution in [0.3, 0.4) is 0 Å². The van der Waals surface area contributed by atoms with Crippen LogP contribution in [-0.2, 0) is 24.1 Å². The molecular formula is C21H35N5O2S. The van der Waals surface area contributed by atoms with Gasteiger partial charge >= 0.3 is 0 Å². The van der Waals surface area contributed by atoms with Crippen LogP contribution < -0.4 is 5.32 Å². The second kappa shape index (κ2) is 10.3. The zero-order valence-corrected chi connectivity index (χ0v) is 18.5. The zero-order valence-electron chi connectivity index (χ0n) is 17.7. The molecule has 0 aromatic carbocycles. The molecule has 2 fully saturated rings. The highest BCUT2D eigenvalue weighted by atomic mass is 32.2. The van der Waals surface area contributed by atoms with E-state index in [0.29, 0.717) is 6.04 Å². The lowest BCUT2D eigenvalue weighted by molar-refractivity contribution is 0.0381. The highest BCUT2D eigenvalue weighted by Gasteiger charge is 2.31. The van der Waals surface area contributed by atoms with E-state index in [1.165, 1.54) is 11.3 Å². The van der Waals surface area contributed by atoms with Crippen molar-refractivity contribution in [1.29, 1.82) is 0 Å². The summed E-state index contributed by atoms with van der Waals surface area (Å²) in [4.78, 5) is 17.7. The Kier molecular flexibility index (Phi) is 7.50. The third-order valence-electron chi connectivity index (χ3n) is 6.25. The van der Waals surface area contributed by atoms with Crippen LogP contribution >= 0.6 is 11.8 Å². The van der Waals surface area contributed by atoms with Crippen LogP contribution in [0.1, 0.15) is 41.5 Å². The van der Waals surface area contributed by atoms with Gasteiger partial charge in [-0.1, -0.05) is 6.92 Å². The molecule has 8 heteroatoms. The van der Waals surface area contributed by atoms with Crippen LogP contribution in [0.2, 0.25) is 0 Å². The van der Waals surface area contributed by atoms with Crippen molar-refractivity contribution in [3.8, 4) is 0 Å². The van der Waals surface area contributed by atoms with Crippen LogP contribution in [-0.4, -0.2) is 95.5 Å². The molecule has 1 aromatic heterocycles. The van der Waals surface area contributed by atoms with Gasteiger partial charge in [0, 0.05) is 74.6 Å². The largest absolute Gasteiger partial charge is 0.379 e. The predicted octanol–water partition coefficient (Wildman–Crippen LogP) is 1.26. The van der Waals surface area contributed by atoms with Gasteiger partial charge in [0.2, 0.25) is 0 Å². The standard InChI is InChI=1S/C21H35N5O2S/c1-2-6-26-19-4-3-17(22-5-7-24-8-12-28-13-9-24)16-18(19)20(23-26)21(27)25-10-14-29-15-11-25/h17,22H,2-16H2,1H3. The molecule has 3 aliphatic rings. The first-order valence-electron chi connectivity index (χ1n) is 11.2. The maximum Gasteiger partial charge on any atom is 0.274 e. The number of hydrogen-bond acceptors (Lipinski definition) is 6. The fourth-order valence-corrected chi connectivity index (χ4v) is 5.50. The minimum atomic E-state index is 0.144. The summed E-state index contributed by atoms with van der Waals surface area (Å²) < 4.78 is 7.55. The first-order chi connectivity index (χ1) is 14.3. The summed E-state index contributed by atoms with van der Waals surface area (Å²) in [5, 5.41) is 8.56. The molecule has 2 aliphatic heterocycles. The molecule has 1 N–H and O–H groups in total. The van der Waals surface area contributed by atoms with Crippen molar-refractivity contribution >= 4 is 17.7 Å². The molecule has 162 valence electrons. The minimum Gasteiger partial charge on any atom is -0.379 e. The molecule has 4 rings (SSSR count). The molecule has 0 bridgehead atoms. The topological polar surface area (TPSA) is 62.6 Å². The zero-order chi connectivity index (χ0) is 20.1. The highest BCUT2D eigenvalue weighted by molar-refractivity contribution is 7.99. The molecular weight excluding hydrogens is 386 g/mol. The van der Waals surface area contributed by atoms with E-state index in [1.807, 2.05) is 16.7 Å². The van der Waals surface area contributed by atoms with Crippen LogP contribution in [0.15, 0.2) is 0 Å². The summed E-state index contributed by atoms with van der Waals surface area (Å²) in [5.74, 6) is 2.22. The quantitative estimate of drug-likeness (QED) is 0.715. The number of rotatable bonds is 7. The maximum atomic E-state index is 13.2. The van der Waals surface area contributed by atoms with Gasteiger partial charge in [0.1, 0.15) is 0 Å². The minimum absolute atomic E-state index is 0.144. The molecule has 3 heterocycles. The molecule has 0 spiro atoms. The molecule has 7 nitrogen and oxygen atoms in total. The number of nitrogens with zero attached hydrogens (tertiary/aromatic N) is 4. The Labute approximate surface area is 178 Å². The van der Waals surface area contributed by atoms with Crippen molar-refractivity contribution in [1.82, 2.24) is 24.9 Å². The van der Waals surface area contributed by atoms with Gasteiger partial charge in [0.25, 0.3) is 5.91 Å². The number of carbonyl (C=O) groups excluding carboxylic acids is 1. The second-order valence-corrected chi connectivity index (χ2v) is 9.47. The van der Waals surface area contributed by atoms with Crippen molar-refractivity contribution < 1.29 is 9.53 Å². The Hall–Kier alpha value is -1.09. The lowest BCUT2D eigenvalue weighted by Gasteiger charge is -2.29. The number of ether oxygens (including phenoxy) is 1. The van der Waals surface area contributed by atoms with Crippen molar-refractivity contribution in [3.63, 3.8) is 0 Å². The van der Waals surface area contributed by atoms with Gasteiger partial charge in [-0.25, -0.2) is 0 Å². The molecule has 1 atom stereocenters. The summed E-state index contributed by atoms with van der Waals surface area (Å²) in [7, 11) is 0. The van der Waals surface area contributed by atoms with E-state index >= 15 is 0 Å². The Bertz CT molecular complexity index is 683. The number of thioether (sulfide) groups is 1. The fourth-order valence-electron chi connectivity index (χ4n) is 4.60. The maximum absolute atomic E-state index is 13.2. The third-order valence-corrected chi connectivity index (χ3v) is 7.19. The average molecular weight is 422 g/mol. The summed E-state index contributed by atoms with van der Waals surface area (Å²) >= 11 is 1.93. The van der Waals surface area contributed by atoms with Crippen LogP contribution in [0.5, 0.6) is 0 Å². The number of morpholine rings is 1. The van der Waals surface area contributed by atoms with Gasteiger partial charge in [-0.2, -0.15) is 16.9 Å². The van der Waals surface area contributed by atoms with Crippen LogP contribution in [0.4, 0.5) is 0 Å². The van der Waals surface area contributed by atoms with E-state index in [1.54, 1.807) is 0 Å². The first kappa shape index (κ1) is 21.2. The second-order valence-electron chi connectivity index (χ2n) is 8.25. The molecule has 1 amide bonds. The van der Waals surface area contributed by atoms with E-state index in [-0.39, 0.29) is 5.91 Å². The van der Waals surface area contributed by atoms with Crippen molar-refractivity contribution in [3.05, 3.63) is 17.0 Å². The average Bonchev–Trinajstić information content (AvgIpc) is 3.13. The molecule has 2 saturated heterocycles. The van der Waals surface area contributed by atoms with Crippen molar-refractivity contribution in [2.45, 2.75) is 45.2 Å². The number of carbonyl (C=O) groups is 1. The summed E-state index contributed by atoms with van der Waals surface area (Å²) in [6.07, 6.45) is 4.11. The Balaban J connectivity index is 1.41. The summed E-state index contributed by atoms with van der Waals surface area (Å²) in [6.45, 7) is 10.6. The molecule has 0 radical (unpaired) electrons. The van der Waals surface area contributed by atoms with Gasteiger partial charge in [-0.3, -0.25) is 14.4 Å². The van der Waals surface area contributed by atoms with E-state index < -0.39 is 0 Å². The van der Waals surface area contributed by atoms with E-state index in [9.17, 15) is 4.79 Å². The molecule has 29 heavy (non-hydrogen) atoms. The lowest BCUT2D eigenvalue weighted by atomic mass is 9.91. The lowest BCUT2D eigenvalue weighted by Crippen LogP contribution is -2.44. The number of aryl methyl sites for hydroxylation is 1. The fraction of sp³-hybridized carbons (Fsp3) is 0.810. The van der Waals surface area contributed by atoms with E-state index in [4.69, 9.17) is 9.84 Å².